The van der Waals surface area contributed by atoms with Crippen LogP contribution in [0.5, 0.6) is 0 Å². The van der Waals surface area contributed by atoms with E-state index in [9.17, 15) is 17.6 Å². The first kappa shape index (κ1) is 27.8. The van der Waals surface area contributed by atoms with Gasteiger partial charge in [-0.05, 0) is 84.8 Å². The molecule has 1 aromatic heterocycles. The Morgan fingerprint density at radius 2 is 1.90 bits per heavy atom. The molecule has 2 nitrogen and oxygen atoms in total. The van der Waals surface area contributed by atoms with Crippen LogP contribution in [0.15, 0.2) is 24.4 Å². The summed E-state index contributed by atoms with van der Waals surface area (Å²) in [6.07, 6.45) is 2.95. The number of hydrogen-bond acceptors (Lipinski definition) is 2. The number of unbranched alkanes of at least 4 members (excludes halogenated alkanes) is 1. The third-order valence-corrected chi connectivity index (χ3v) is 8.99. The van der Waals surface area contributed by atoms with Crippen molar-refractivity contribution < 1.29 is 22.0 Å². The molecular formula is C32H35F5N2. The molecule has 0 radical (unpaired) electrons. The van der Waals surface area contributed by atoms with Gasteiger partial charge in [0.15, 0.2) is 0 Å². The maximum atomic E-state index is 15.7. The molecule has 3 aliphatic carbocycles. The Hall–Kier alpha value is -2.72. The Morgan fingerprint density at radius 3 is 2.46 bits per heavy atom. The zero-order valence-electron chi connectivity index (χ0n) is 22.7. The largest absolute Gasteiger partial charge is 0.406 e. The van der Waals surface area contributed by atoms with E-state index in [2.05, 4.69) is 22.1 Å². The van der Waals surface area contributed by atoms with Gasteiger partial charge in [0.2, 0.25) is 0 Å². The highest BCUT2D eigenvalue weighted by Crippen LogP contribution is 2.51. The number of rotatable bonds is 6. The van der Waals surface area contributed by atoms with Crippen LogP contribution in [-0.2, 0) is 6.54 Å². The lowest BCUT2D eigenvalue weighted by Gasteiger charge is -2.37. The fourth-order valence-corrected chi connectivity index (χ4v) is 6.04. The van der Waals surface area contributed by atoms with Crippen LogP contribution >= 0.6 is 0 Å². The van der Waals surface area contributed by atoms with Crippen LogP contribution in [0.25, 0.3) is 11.1 Å². The molecule has 0 saturated heterocycles. The van der Waals surface area contributed by atoms with Crippen molar-refractivity contribution >= 4 is 11.1 Å². The fourth-order valence-electron chi connectivity index (χ4n) is 6.04. The molecule has 7 heteroatoms. The first-order chi connectivity index (χ1) is 18.6. The van der Waals surface area contributed by atoms with Crippen LogP contribution in [0.2, 0.25) is 0 Å². The number of halogens is 5. The van der Waals surface area contributed by atoms with Gasteiger partial charge in [-0.15, -0.1) is 0 Å². The van der Waals surface area contributed by atoms with Crippen molar-refractivity contribution in [2.24, 2.45) is 11.8 Å². The summed E-state index contributed by atoms with van der Waals surface area (Å²) in [5.41, 5.74) is 2.04. The van der Waals surface area contributed by atoms with Gasteiger partial charge in [-0.1, -0.05) is 51.0 Å². The van der Waals surface area contributed by atoms with Gasteiger partial charge in [-0.2, -0.15) is 13.2 Å². The summed E-state index contributed by atoms with van der Waals surface area (Å²) in [6.45, 7) is 5.61. The minimum absolute atomic E-state index is 0.0274. The number of aromatic nitrogens is 1. The SMILES string of the molecule is CCCC#CC1=C(c2ccc(CNC3(C(F)(F)F)CC3)cn2)CC(C2CCC2)C(C)c2c1cc(F)c(C)c2F. The molecule has 1 heterocycles. The lowest BCUT2D eigenvalue weighted by Crippen LogP contribution is -2.44. The summed E-state index contributed by atoms with van der Waals surface area (Å²) in [7, 11) is 0. The highest BCUT2D eigenvalue weighted by Gasteiger charge is 2.62. The maximum Gasteiger partial charge on any atom is 0.406 e. The van der Waals surface area contributed by atoms with E-state index in [-0.39, 0.29) is 36.8 Å². The molecule has 0 spiro atoms. The summed E-state index contributed by atoms with van der Waals surface area (Å²) in [5.74, 6) is 5.83. The van der Waals surface area contributed by atoms with Gasteiger partial charge < -0.3 is 0 Å². The molecular weight excluding hydrogens is 507 g/mol. The smallest absolute Gasteiger partial charge is 0.299 e. The van der Waals surface area contributed by atoms with Gasteiger partial charge in [0, 0.05) is 30.3 Å². The van der Waals surface area contributed by atoms with Crippen molar-refractivity contribution in [2.75, 3.05) is 0 Å². The third-order valence-electron chi connectivity index (χ3n) is 8.99. The Balaban J connectivity index is 1.58. The van der Waals surface area contributed by atoms with Crippen molar-refractivity contribution in [3.63, 3.8) is 0 Å². The number of benzene rings is 1. The van der Waals surface area contributed by atoms with Crippen molar-refractivity contribution in [3.8, 4) is 11.8 Å². The number of alkyl halides is 3. The Labute approximate surface area is 227 Å². The topological polar surface area (TPSA) is 24.9 Å². The van der Waals surface area contributed by atoms with E-state index < -0.39 is 23.3 Å². The third kappa shape index (κ3) is 5.25. The Kier molecular flexibility index (Phi) is 7.63. The average molecular weight is 543 g/mol. The van der Waals surface area contributed by atoms with Crippen molar-refractivity contribution in [2.45, 2.75) is 96.3 Å². The van der Waals surface area contributed by atoms with Crippen LogP contribution in [0.1, 0.15) is 99.1 Å². The first-order valence-corrected chi connectivity index (χ1v) is 14.0. The Morgan fingerprint density at radius 1 is 1.15 bits per heavy atom. The standard InChI is InChI=1S/C32H35F5N2/c1-4-5-6-10-23-25(28-12-11-21(17-38-28)18-39-31(13-14-31)32(35,36)37)15-24(22-8-7-9-22)19(2)29-26(23)16-27(33)20(3)30(29)34/h11-12,16-17,19,22,24,39H,4-5,7-9,13-15,18H2,1-3H3. The molecule has 2 saturated carbocycles. The van der Waals surface area contributed by atoms with Gasteiger partial charge >= 0.3 is 6.18 Å². The highest BCUT2D eigenvalue weighted by atomic mass is 19.4. The molecule has 2 unspecified atom stereocenters. The Bertz CT molecular complexity index is 1320. The number of nitrogens with zero attached hydrogens (tertiary/aromatic N) is 1. The minimum atomic E-state index is -4.28. The predicted octanol–water partition coefficient (Wildman–Crippen LogP) is 8.49. The molecule has 39 heavy (non-hydrogen) atoms. The molecule has 5 rings (SSSR count). The van der Waals surface area contributed by atoms with Crippen LogP contribution in [0.4, 0.5) is 22.0 Å². The quantitative estimate of drug-likeness (QED) is 0.292. The van der Waals surface area contributed by atoms with Gasteiger partial charge in [0.05, 0.1) is 5.69 Å². The first-order valence-electron chi connectivity index (χ1n) is 14.0. The second-order valence-corrected chi connectivity index (χ2v) is 11.5. The summed E-state index contributed by atoms with van der Waals surface area (Å²) in [5, 5.41) is 2.67. The summed E-state index contributed by atoms with van der Waals surface area (Å²) in [6, 6.07) is 5.03. The molecule has 3 aliphatic rings. The normalized spacial score (nSPS) is 22.5. The van der Waals surface area contributed by atoms with E-state index >= 15 is 4.39 Å². The van der Waals surface area contributed by atoms with Crippen LogP contribution in [0, 0.1) is 42.2 Å². The number of hydrogen-bond donors (Lipinski definition) is 1. The lowest BCUT2D eigenvalue weighted by molar-refractivity contribution is -0.166. The second-order valence-electron chi connectivity index (χ2n) is 11.5. The molecule has 2 atom stereocenters. The van der Waals surface area contributed by atoms with Crippen LogP contribution in [-0.4, -0.2) is 16.7 Å². The van der Waals surface area contributed by atoms with Crippen LogP contribution in [0.3, 0.4) is 0 Å². The van der Waals surface area contributed by atoms with Gasteiger partial charge in [-0.25, -0.2) is 8.78 Å². The number of allylic oxidation sites excluding steroid dienone is 2. The molecule has 1 aromatic carbocycles. The van der Waals surface area contributed by atoms with Crippen molar-refractivity contribution in [1.29, 1.82) is 0 Å². The van der Waals surface area contributed by atoms with Crippen molar-refractivity contribution in [3.05, 3.63) is 64.0 Å². The zero-order chi connectivity index (χ0) is 27.9. The molecule has 0 amide bonds. The van der Waals surface area contributed by atoms with E-state index in [4.69, 9.17) is 0 Å². The zero-order valence-corrected chi connectivity index (χ0v) is 22.7. The van der Waals surface area contributed by atoms with E-state index in [1.165, 1.54) is 13.0 Å². The van der Waals surface area contributed by atoms with Gasteiger partial charge in [0.1, 0.15) is 17.2 Å². The van der Waals surface area contributed by atoms with E-state index in [0.29, 0.717) is 46.7 Å². The summed E-state index contributed by atoms with van der Waals surface area (Å²) in [4.78, 5) is 4.67. The number of pyridine rings is 1. The minimum Gasteiger partial charge on any atom is -0.299 e. The van der Waals surface area contributed by atoms with E-state index in [1.807, 2.05) is 19.9 Å². The number of fused-ring (bicyclic) bond motifs is 1. The summed E-state index contributed by atoms with van der Waals surface area (Å²) < 4.78 is 70.7. The van der Waals surface area contributed by atoms with Gasteiger partial charge in [0.25, 0.3) is 0 Å². The maximum absolute atomic E-state index is 15.7. The number of nitrogens with one attached hydrogen (secondary N) is 1. The highest BCUT2D eigenvalue weighted by molar-refractivity contribution is 5.99. The van der Waals surface area contributed by atoms with Gasteiger partial charge in [-0.3, -0.25) is 10.3 Å². The monoisotopic (exact) mass is 542 g/mol. The molecule has 2 aromatic rings. The molecule has 2 fully saturated rings. The predicted molar refractivity (Wildman–Crippen MR) is 144 cm³/mol. The van der Waals surface area contributed by atoms with Crippen molar-refractivity contribution in [1.82, 2.24) is 10.3 Å². The van der Waals surface area contributed by atoms with E-state index in [1.54, 1.807) is 12.3 Å². The molecule has 0 bridgehead atoms. The fraction of sp³-hybridized carbons (Fsp3) is 0.531. The molecule has 208 valence electrons. The summed E-state index contributed by atoms with van der Waals surface area (Å²) >= 11 is 0. The molecule has 1 N–H and O–H groups in total. The molecule has 0 aliphatic heterocycles. The second kappa shape index (κ2) is 10.7. The van der Waals surface area contributed by atoms with E-state index in [0.717, 1.165) is 31.3 Å². The average Bonchev–Trinajstić information content (AvgIpc) is 3.68. The van der Waals surface area contributed by atoms with Crippen LogP contribution < -0.4 is 5.32 Å². The lowest BCUT2D eigenvalue weighted by atomic mass is 9.67.